The Morgan fingerprint density at radius 1 is 1.33 bits per heavy atom. The molecule has 1 heterocycles. The largest absolute Gasteiger partial charge is 0.395 e. The van der Waals surface area contributed by atoms with Crippen LogP contribution in [0.2, 0.25) is 0 Å². The number of anilines is 1. The highest BCUT2D eigenvalue weighted by Gasteiger charge is 2.00. The molecule has 0 atom stereocenters. The van der Waals surface area contributed by atoms with Crippen molar-refractivity contribution >= 4 is 17.3 Å². The number of imidazole rings is 1. The third-order valence-electron chi connectivity index (χ3n) is 2.37. The van der Waals surface area contributed by atoms with E-state index in [1.165, 1.54) is 0 Å². The average molecular weight is 245 g/mol. The first-order valence-electron chi connectivity index (χ1n) is 5.64. The predicted molar refractivity (Wildman–Crippen MR) is 69.4 cm³/mol. The molecule has 0 saturated heterocycles. The van der Waals surface area contributed by atoms with Crippen molar-refractivity contribution in [1.29, 1.82) is 0 Å². The van der Waals surface area contributed by atoms with E-state index in [2.05, 4.69) is 20.5 Å². The van der Waals surface area contributed by atoms with Crippen molar-refractivity contribution in [3.8, 4) is 0 Å². The fourth-order valence-electron chi connectivity index (χ4n) is 1.45. The number of nitrogens with one attached hydrogen (secondary N) is 1. The molecule has 2 rings (SSSR count). The number of aromatic nitrogens is 2. The van der Waals surface area contributed by atoms with Crippen molar-refractivity contribution in [2.24, 2.45) is 17.3 Å². The summed E-state index contributed by atoms with van der Waals surface area (Å²) < 4.78 is 1.78. The summed E-state index contributed by atoms with van der Waals surface area (Å²) in [5.74, 6) is 0.548. The number of benzene rings is 1. The number of aliphatic hydroxyl groups excluding tert-OH is 1. The van der Waals surface area contributed by atoms with Crippen molar-refractivity contribution < 1.29 is 5.11 Å². The van der Waals surface area contributed by atoms with E-state index in [0.29, 0.717) is 18.2 Å². The fraction of sp³-hybridized carbons (Fsp3) is 0.250. The molecule has 18 heavy (non-hydrogen) atoms. The van der Waals surface area contributed by atoms with Crippen molar-refractivity contribution in [3.63, 3.8) is 0 Å². The minimum atomic E-state index is 0.0742. The van der Waals surface area contributed by atoms with Crippen LogP contribution in [-0.2, 0) is 7.05 Å². The molecule has 6 nitrogen and oxygen atoms in total. The van der Waals surface area contributed by atoms with Gasteiger partial charge in [0.2, 0.25) is 5.95 Å². The van der Waals surface area contributed by atoms with Crippen LogP contribution in [0.5, 0.6) is 0 Å². The first kappa shape index (κ1) is 12.3. The van der Waals surface area contributed by atoms with Gasteiger partial charge in [-0.15, -0.1) is 10.2 Å². The molecule has 6 heteroatoms. The molecule has 0 radical (unpaired) electrons. The lowest BCUT2D eigenvalue weighted by Gasteiger charge is -2.06. The minimum absolute atomic E-state index is 0.0742. The summed E-state index contributed by atoms with van der Waals surface area (Å²) in [5.41, 5.74) is 1.55. The van der Waals surface area contributed by atoms with Crippen molar-refractivity contribution in [2.45, 2.75) is 0 Å². The number of aliphatic hydroxyl groups is 1. The Balaban J connectivity index is 2.18. The Bertz CT molecular complexity index is 535. The molecule has 0 aliphatic rings. The van der Waals surface area contributed by atoms with Gasteiger partial charge in [0, 0.05) is 26.0 Å². The second kappa shape index (κ2) is 5.92. The van der Waals surface area contributed by atoms with Crippen LogP contribution in [-0.4, -0.2) is 27.8 Å². The number of para-hydroxylation sites is 1. The molecule has 2 aromatic rings. The van der Waals surface area contributed by atoms with E-state index in [1.54, 1.807) is 10.8 Å². The lowest BCUT2D eigenvalue weighted by molar-refractivity contribution is 0.311. The molecule has 0 aliphatic carbocycles. The van der Waals surface area contributed by atoms with Crippen LogP contribution in [0.1, 0.15) is 0 Å². The van der Waals surface area contributed by atoms with E-state index >= 15 is 0 Å². The molecule has 0 unspecified atom stereocenters. The van der Waals surface area contributed by atoms with E-state index in [4.69, 9.17) is 5.11 Å². The van der Waals surface area contributed by atoms with E-state index in [1.807, 2.05) is 37.5 Å². The molecule has 0 aliphatic heterocycles. The van der Waals surface area contributed by atoms with Gasteiger partial charge in [-0.3, -0.25) is 0 Å². The molecule has 94 valence electrons. The number of rotatable bonds is 5. The van der Waals surface area contributed by atoms with Crippen LogP contribution in [0.4, 0.5) is 17.3 Å². The van der Waals surface area contributed by atoms with E-state index in [-0.39, 0.29) is 6.61 Å². The number of azo groups is 1. The third kappa shape index (κ3) is 2.92. The zero-order valence-corrected chi connectivity index (χ0v) is 10.1. The molecule has 2 N–H and O–H groups in total. The first-order chi connectivity index (χ1) is 8.81. The topological polar surface area (TPSA) is 74.8 Å². The quantitative estimate of drug-likeness (QED) is 0.793. The predicted octanol–water partition coefficient (Wildman–Crippen LogP) is 2.24. The van der Waals surface area contributed by atoms with Gasteiger partial charge >= 0.3 is 0 Å². The number of hydrogen-bond donors (Lipinski definition) is 2. The Hall–Kier alpha value is -2.21. The van der Waals surface area contributed by atoms with Gasteiger partial charge in [0.05, 0.1) is 12.3 Å². The molecule has 0 bridgehead atoms. The second-order valence-electron chi connectivity index (χ2n) is 3.71. The highest BCUT2D eigenvalue weighted by molar-refractivity contribution is 5.64. The van der Waals surface area contributed by atoms with Crippen LogP contribution in [0.15, 0.2) is 46.9 Å². The lowest BCUT2D eigenvalue weighted by Crippen LogP contribution is -2.05. The Labute approximate surface area is 105 Å². The molecule has 1 aromatic heterocycles. The van der Waals surface area contributed by atoms with E-state index in [9.17, 15) is 0 Å². The monoisotopic (exact) mass is 245 g/mol. The Morgan fingerprint density at radius 2 is 2.17 bits per heavy atom. The maximum atomic E-state index is 8.81. The molecule has 1 aromatic carbocycles. The molecule has 0 fully saturated rings. The minimum Gasteiger partial charge on any atom is -0.395 e. The Morgan fingerprint density at radius 3 is 2.89 bits per heavy atom. The zero-order valence-electron chi connectivity index (χ0n) is 10.1. The van der Waals surface area contributed by atoms with Crippen molar-refractivity contribution in [1.82, 2.24) is 9.55 Å². The third-order valence-corrected chi connectivity index (χ3v) is 2.37. The van der Waals surface area contributed by atoms with Gasteiger partial charge in [-0.1, -0.05) is 12.1 Å². The summed E-state index contributed by atoms with van der Waals surface area (Å²) in [5, 5.41) is 20.1. The summed E-state index contributed by atoms with van der Waals surface area (Å²) in [6.45, 7) is 0.555. The van der Waals surface area contributed by atoms with Gasteiger partial charge in [-0.25, -0.2) is 4.98 Å². The zero-order chi connectivity index (χ0) is 12.8. The average Bonchev–Trinajstić information content (AvgIpc) is 2.80. The van der Waals surface area contributed by atoms with Crippen LogP contribution >= 0.6 is 0 Å². The van der Waals surface area contributed by atoms with Crippen LogP contribution < -0.4 is 5.32 Å². The van der Waals surface area contributed by atoms with Crippen molar-refractivity contribution in [3.05, 3.63) is 36.7 Å². The highest BCUT2D eigenvalue weighted by atomic mass is 16.3. The molecular formula is C12H15N5O. The number of hydrogen-bond acceptors (Lipinski definition) is 5. The highest BCUT2D eigenvalue weighted by Crippen LogP contribution is 2.25. The smallest absolute Gasteiger partial charge is 0.249 e. The van der Waals surface area contributed by atoms with Crippen molar-refractivity contribution in [2.75, 3.05) is 18.5 Å². The summed E-state index contributed by atoms with van der Waals surface area (Å²) in [4.78, 5) is 4.06. The van der Waals surface area contributed by atoms with Crippen LogP contribution in [0.25, 0.3) is 0 Å². The Kier molecular flexibility index (Phi) is 4.03. The van der Waals surface area contributed by atoms with Gasteiger partial charge in [0.15, 0.2) is 0 Å². The summed E-state index contributed by atoms with van der Waals surface area (Å²) in [7, 11) is 1.86. The fourth-order valence-corrected chi connectivity index (χ4v) is 1.45. The maximum absolute atomic E-state index is 8.81. The van der Waals surface area contributed by atoms with Gasteiger partial charge in [-0.2, -0.15) is 0 Å². The van der Waals surface area contributed by atoms with Gasteiger partial charge in [0.1, 0.15) is 5.69 Å². The van der Waals surface area contributed by atoms with E-state index < -0.39 is 0 Å². The van der Waals surface area contributed by atoms with Gasteiger partial charge < -0.3 is 15.0 Å². The molecule has 0 amide bonds. The summed E-state index contributed by atoms with van der Waals surface area (Å²) in [6, 6.07) is 7.53. The molecular weight excluding hydrogens is 230 g/mol. The lowest BCUT2D eigenvalue weighted by atomic mass is 10.3. The standard InChI is InChI=1S/C12H15N5O/c1-17-8-6-14-12(17)16-15-11-5-3-2-4-10(11)13-7-9-18/h2-6,8,13,18H,7,9H2,1H3. The summed E-state index contributed by atoms with van der Waals surface area (Å²) >= 11 is 0. The van der Waals surface area contributed by atoms with Crippen LogP contribution in [0, 0.1) is 0 Å². The molecule has 0 spiro atoms. The normalized spacial score (nSPS) is 11.0. The SMILES string of the molecule is Cn1ccnc1N=Nc1ccccc1NCCO. The maximum Gasteiger partial charge on any atom is 0.249 e. The first-order valence-corrected chi connectivity index (χ1v) is 5.64. The van der Waals surface area contributed by atoms with Gasteiger partial charge in [-0.05, 0) is 12.1 Å². The van der Waals surface area contributed by atoms with E-state index in [0.717, 1.165) is 5.69 Å². The van der Waals surface area contributed by atoms with Crippen LogP contribution in [0.3, 0.4) is 0 Å². The number of nitrogens with zero attached hydrogens (tertiary/aromatic N) is 4. The molecule has 0 saturated carbocycles. The second-order valence-corrected chi connectivity index (χ2v) is 3.71. The number of aryl methyl sites for hydroxylation is 1. The summed E-state index contributed by atoms with van der Waals surface area (Å²) in [6.07, 6.45) is 3.48. The van der Waals surface area contributed by atoms with Gasteiger partial charge in [0.25, 0.3) is 0 Å².